The van der Waals surface area contributed by atoms with Gasteiger partial charge in [-0.15, -0.1) is 0 Å². The van der Waals surface area contributed by atoms with Crippen molar-refractivity contribution in [2.75, 3.05) is 0 Å². The Morgan fingerprint density at radius 3 is 2.88 bits per heavy atom. The second-order valence-electron chi connectivity index (χ2n) is 3.74. The van der Waals surface area contributed by atoms with E-state index in [1.165, 1.54) is 6.08 Å². The zero-order chi connectivity index (χ0) is 11.8. The summed E-state index contributed by atoms with van der Waals surface area (Å²) in [7, 11) is 0. The number of dihydropyridines is 1. The predicted molar refractivity (Wildman–Crippen MR) is 62.0 cm³/mol. The molecule has 0 unspecified atom stereocenters. The molecule has 2 heterocycles. The van der Waals surface area contributed by atoms with Crippen molar-refractivity contribution in [3.05, 3.63) is 59.1 Å². The number of fused-ring (bicyclic) bond motifs is 2. The highest BCUT2D eigenvalue weighted by Gasteiger charge is 2.21. The Bertz CT molecular complexity index is 596. The average Bonchev–Trinajstić information content (AvgIpc) is 2.35. The van der Waals surface area contributed by atoms with Crippen LogP contribution in [-0.2, 0) is 4.79 Å². The van der Waals surface area contributed by atoms with Gasteiger partial charge in [0.05, 0.1) is 5.70 Å². The van der Waals surface area contributed by atoms with Crippen LogP contribution in [0.3, 0.4) is 0 Å². The van der Waals surface area contributed by atoms with E-state index in [2.05, 4.69) is 5.32 Å². The Morgan fingerprint density at radius 1 is 1.24 bits per heavy atom. The first kappa shape index (κ1) is 9.72. The lowest BCUT2D eigenvalue weighted by Crippen LogP contribution is -2.26. The quantitative estimate of drug-likeness (QED) is 0.769. The molecule has 3 rings (SSSR count). The molecule has 0 spiro atoms. The fourth-order valence-electron chi connectivity index (χ4n) is 1.78. The minimum atomic E-state index is -0.986. The van der Waals surface area contributed by atoms with E-state index >= 15 is 0 Å². The third kappa shape index (κ3) is 1.59. The fourth-order valence-corrected chi connectivity index (χ4v) is 1.78. The number of benzene rings is 1. The molecular weight excluding hydrogens is 218 g/mol. The van der Waals surface area contributed by atoms with E-state index in [0.29, 0.717) is 11.5 Å². The lowest BCUT2D eigenvalue weighted by molar-refractivity contribution is -0.133. The molecule has 17 heavy (non-hydrogen) atoms. The van der Waals surface area contributed by atoms with Gasteiger partial charge in [-0.1, -0.05) is 18.2 Å². The number of rotatable bonds is 1. The molecule has 2 N–H and O–H groups in total. The van der Waals surface area contributed by atoms with Crippen molar-refractivity contribution in [2.45, 2.75) is 0 Å². The van der Waals surface area contributed by atoms with Crippen LogP contribution in [0.5, 0.6) is 5.75 Å². The number of carboxylic acids is 1. The van der Waals surface area contributed by atoms with E-state index in [9.17, 15) is 4.79 Å². The molecule has 0 radical (unpaired) electrons. The maximum absolute atomic E-state index is 10.8. The van der Waals surface area contributed by atoms with Gasteiger partial charge in [0.1, 0.15) is 11.4 Å². The average molecular weight is 227 g/mol. The van der Waals surface area contributed by atoms with Crippen LogP contribution in [0.1, 0.15) is 5.56 Å². The third-order valence-corrected chi connectivity index (χ3v) is 2.61. The smallest absolute Gasteiger partial charge is 0.352 e. The third-order valence-electron chi connectivity index (χ3n) is 2.61. The first-order chi connectivity index (χ1) is 8.24. The van der Waals surface area contributed by atoms with Crippen molar-refractivity contribution in [1.82, 2.24) is 5.32 Å². The van der Waals surface area contributed by atoms with Gasteiger partial charge in [0.15, 0.2) is 5.76 Å². The number of allylic oxidation sites excluding steroid dienone is 2. The van der Waals surface area contributed by atoms with E-state index in [-0.39, 0.29) is 5.70 Å². The normalized spacial score (nSPS) is 16.4. The summed E-state index contributed by atoms with van der Waals surface area (Å²) < 4.78 is 5.66. The fraction of sp³-hybridized carbons (Fsp3) is 0. The maximum atomic E-state index is 10.8. The Labute approximate surface area is 97.5 Å². The molecule has 84 valence electrons. The van der Waals surface area contributed by atoms with E-state index < -0.39 is 5.97 Å². The van der Waals surface area contributed by atoms with Gasteiger partial charge in [0.25, 0.3) is 0 Å². The number of para-hydroxylation sites is 1. The number of carbonyl (C=O) groups is 1. The van der Waals surface area contributed by atoms with Crippen LogP contribution in [0, 0.1) is 0 Å². The summed E-state index contributed by atoms with van der Waals surface area (Å²) in [5.74, 6) is 0.422. The second kappa shape index (κ2) is 3.52. The Kier molecular flexibility index (Phi) is 2.01. The number of aliphatic carboxylic acids is 1. The highest BCUT2D eigenvalue weighted by molar-refractivity contribution is 5.88. The molecule has 1 aromatic rings. The summed E-state index contributed by atoms with van der Waals surface area (Å²) in [6, 6.07) is 7.59. The predicted octanol–water partition coefficient (Wildman–Crippen LogP) is 1.88. The summed E-state index contributed by atoms with van der Waals surface area (Å²) in [4.78, 5) is 10.8. The van der Waals surface area contributed by atoms with Gasteiger partial charge < -0.3 is 15.2 Å². The monoisotopic (exact) mass is 227 g/mol. The first-order valence-electron chi connectivity index (χ1n) is 5.15. The van der Waals surface area contributed by atoms with Gasteiger partial charge in [-0.2, -0.15) is 0 Å². The summed E-state index contributed by atoms with van der Waals surface area (Å²) in [6.45, 7) is 0. The van der Waals surface area contributed by atoms with E-state index in [0.717, 1.165) is 11.3 Å². The Hall–Kier alpha value is -2.49. The van der Waals surface area contributed by atoms with Crippen molar-refractivity contribution >= 4 is 12.0 Å². The SMILES string of the molecule is O=C(O)C1=CC=C2Oc3ccccc3C=C2N1. The number of carboxylic acid groups (broad SMARTS) is 1. The van der Waals surface area contributed by atoms with Crippen molar-refractivity contribution in [3.8, 4) is 5.75 Å². The molecule has 4 heteroatoms. The van der Waals surface area contributed by atoms with Crippen molar-refractivity contribution < 1.29 is 14.6 Å². The molecule has 0 aromatic heterocycles. The van der Waals surface area contributed by atoms with Crippen LogP contribution in [0.15, 0.2) is 53.6 Å². The molecule has 0 saturated heterocycles. The summed E-state index contributed by atoms with van der Waals surface area (Å²) >= 11 is 0. The van der Waals surface area contributed by atoms with Crippen LogP contribution in [0.2, 0.25) is 0 Å². The highest BCUT2D eigenvalue weighted by atomic mass is 16.5. The molecule has 2 aliphatic heterocycles. The standard InChI is InChI=1S/C13H9NO3/c15-13(16)9-5-6-12-10(14-9)7-8-3-1-2-4-11(8)17-12/h1-7,14H,(H,15,16). The molecular formula is C13H9NO3. The van der Waals surface area contributed by atoms with E-state index in [1.54, 1.807) is 6.08 Å². The molecule has 0 amide bonds. The molecule has 2 aliphatic rings. The minimum absolute atomic E-state index is 0.142. The number of hydrogen-bond donors (Lipinski definition) is 2. The molecule has 4 nitrogen and oxygen atoms in total. The molecule has 0 atom stereocenters. The van der Waals surface area contributed by atoms with Crippen molar-refractivity contribution in [1.29, 1.82) is 0 Å². The summed E-state index contributed by atoms with van der Waals surface area (Å²) in [5.41, 5.74) is 1.74. The molecule has 0 saturated carbocycles. The minimum Gasteiger partial charge on any atom is -0.477 e. The number of hydrogen-bond acceptors (Lipinski definition) is 3. The van der Waals surface area contributed by atoms with Crippen LogP contribution >= 0.6 is 0 Å². The van der Waals surface area contributed by atoms with Crippen LogP contribution in [0.25, 0.3) is 6.08 Å². The lowest BCUT2D eigenvalue weighted by atomic mass is 10.1. The van der Waals surface area contributed by atoms with Gasteiger partial charge in [-0.3, -0.25) is 0 Å². The molecule has 0 bridgehead atoms. The Morgan fingerprint density at radius 2 is 2.06 bits per heavy atom. The van der Waals surface area contributed by atoms with Crippen molar-refractivity contribution in [2.24, 2.45) is 0 Å². The van der Waals surface area contributed by atoms with Crippen LogP contribution in [0.4, 0.5) is 0 Å². The topological polar surface area (TPSA) is 58.6 Å². The highest BCUT2D eigenvalue weighted by Crippen LogP contribution is 2.31. The van der Waals surface area contributed by atoms with E-state index in [4.69, 9.17) is 9.84 Å². The van der Waals surface area contributed by atoms with Gasteiger partial charge in [-0.05, 0) is 24.3 Å². The maximum Gasteiger partial charge on any atom is 0.352 e. The zero-order valence-electron chi connectivity index (χ0n) is 8.81. The van der Waals surface area contributed by atoms with Gasteiger partial charge >= 0.3 is 5.97 Å². The summed E-state index contributed by atoms with van der Waals surface area (Å²) in [5, 5.41) is 11.7. The van der Waals surface area contributed by atoms with Crippen LogP contribution in [-0.4, -0.2) is 11.1 Å². The van der Waals surface area contributed by atoms with Gasteiger partial charge in [0, 0.05) is 5.56 Å². The van der Waals surface area contributed by atoms with Crippen molar-refractivity contribution in [3.63, 3.8) is 0 Å². The Balaban J connectivity index is 2.04. The van der Waals surface area contributed by atoms with Crippen LogP contribution < -0.4 is 10.1 Å². The zero-order valence-corrected chi connectivity index (χ0v) is 8.81. The lowest BCUT2D eigenvalue weighted by Gasteiger charge is -2.23. The largest absolute Gasteiger partial charge is 0.477 e. The second-order valence-corrected chi connectivity index (χ2v) is 3.74. The molecule has 1 aromatic carbocycles. The number of ether oxygens (including phenoxy) is 1. The number of nitrogens with one attached hydrogen (secondary N) is 1. The van der Waals surface area contributed by atoms with Gasteiger partial charge in [0.2, 0.25) is 0 Å². The molecule has 0 fully saturated rings. The van der Waals surface area contributed by atoms with Gasteiger partial charge in [-0.25, -0.2) is 4.79 Å². The molecule has 0 aliphatic carbocycles. The summed E-state index contributed by atoms with van der Waals surface area (Å²) in [6.07, 6.45) is 5.02. The van der Waals surface area contributed by atoms with E-state index in [1.807, 2.05) is 30.3 Å². The first-order valence-corrected chi connectivity index (χ1v) is 5.15.